The van der Waals surface area contributed by atoms with Crippen molar-refractivity contribution in [2.75, 3.05) is 25.1 Å². The fourth-order valence-corrected chi connectivity index (χ4v) is 3.12. The van der Waals surface area contributed by atoms with Crippen LogP contribution in [0.3, 0.4) is 0 Å². The van der Waals surface area contributed by atoms with Crippen molar-refractivity contribution in [2.24, 2.45) is 0 Å². The Bertz CT molecular complexity index is 492. The van der Waals surface area contributed by atoms with Gasteiger partial charge >= 0.3 is 0 Å². The second-order valence-corrected chi connectivity index (χ2v) is 6.76. The fourth-order valence-electron chi connectivity index (χ4n) is 2.48. The van der Waals surface area contributed by atoms with E-state index in [2.05, 4.69) is 0 Å². The largest absolute Gasteiger partial charge is 0.489 e. The second kappa shape index (κ2) is 8.65. The summed E-state index contributed by atoms with van der Waals surface area (Å²) in [6.07, 6.45) is 3.17. The monoisotopic (exact) mass is 343 g/mol. The van der Waals surface area contributed by atoms with E-state index in [9.17, 15) is 9.90 Å². The molecule has 4 nitrogen and oxygen atoms in total. The third-order valence-electron chi connectivity index (χ3n) is 3.76. The number of halogens is 1. The minimum Gasteiger partial charge on any atom is -0.489 e. The highest BCUT2D eigenvalue weighted by atomic mass is 35.5. The Hall–Kier alpha value is -0.910. The number of nitrogens with zero attached hydrogens (tertiary/aromatic N) is 1. The molecule has 6 heteroatoms. The van der Waals surface area contributed by atoms with Crippen molar-refractivity contribution in [3.63, 3.8) is 0 Å². The number of carbonyl (C=O) groups is 1. The number of hydrogen-bond donors (Lipinski definition) is 1. The summed E-state index contributed by atoms with van der Waals surface area (Å²) in [5, 5.41) is 10.5. The molecule has 0 radical (unpaired) electrons. The standard InChI is InChI=1S/C16H22ClNO3S/c1-22-11-8-14(19)16(20)18-9-6-12(7-10-18)21-15-5-3-2-4-13(15)17/h2-5,12,14,19H,6-11H2,1H3. The van der Waals surface area contributed by atoms with Crippen LogP contribution in [0.5, 0.6) is 5.75 Å². The molecule has 0 saturated carbocycles. The Morgan fingerprint density at radius 1 is 1.45 bits per heavy atom. The van der Waals surface area contributed by atoms with Crippen molar-refractivity contribution in [3.8, 4) is 5.75 Å². The molecule has 1 aliphatic heterocycles. The van der Waals surface area contributed by atoms with Crippen LogP contribution in [0.4, 0.5) is 0 Å². The van der Waals surface area contributed by atoms with Gasteiger partial charge in [-0.2, -0.15) is 11.8 Å². The van der Waals surface area contributed by atoms with Crippen LogP contribution in [0.25, 0.3) is 0 Å². The minimum absolute atomic E-state index is 0.0623. The van der Waals surface area contributed by atoms with E-state index >= 15 is 0 Å². The average Bonchev–Trinajstić information content (AvgIpc) is 2.55. The van der Waals surface area contributed by atoms with Gasteiger partial charge in [0.1, 0.15) is 18.0 Å². The zero-order valence-electron chi connectivity index (χ0n) is 12.7. The third-order valence-corrected chi connectivity index (χ3v) is 4.72. The highest BCUT2D eigenvalue weighted by Gasteiger charge is 2.27. The summed E-state index contributed by atoms with van der Waals surface area (Å²) in [6, 6.07) is 7.41. The number of hydrogen-bond acceptors (Lipinski definition) is 4. The van der Waals surface area contributed by atoms with Gasteiger partial charge in [-0.3, -0.25) is 4.79 Å². The van der Waals surface area contributed by atoms with Gasteiger partial charge in [0.25, 0.3) is 5.91 Å². The van der Waals surface area contributed by atoms with Gasteiger partial charge in [0, 0.05) is 25.9 Å². The van der Waals surface area contributed by atoms with Gasteiger partial charge in [0.15, 0.2) is 0 Å². The van der Waals surface area contributed by atoms with Crippen LogP contribution < -0.4 is 4.74 Å². The zero-order valence-corrected chi connectivity index (χ0v) is 14.3. The van der Waals surface area contributed by atoms with Crippen molar-refractivity contribution in [1.82, 2.24) is 4.90 Å². The molecule has 1 amide bonds. The first kappa shape index (κ1) is 17.4. The number of aliphatic hydroxyl groups excluding tert-OH is 1. The number of ether oxygens (including phenoxy) is 1. The highest BCUT2D eigenvalue weighted by Crippen LogP contribution is 2.26. The number of aliphatic hydroxyl groups is 1. The molecule has 0 bridgehead atoms. The first-order valence-corrected chi connectivity index (χ1v) is 9.26. The van der Waals surface area contributed by atoms with Gasteiger partial charge in [-0.15, -0.1) is 0 Å². The summed E-state index contributed by atoms with van der Waals surface area (Å²) >= 11 is 7.72. The maximum Gasteiger partial charge on any atom is 0.251 e. The van der Waals surface area contributed by atoms with E-state index in [-0.39, 0.29) is 12.0 Å². The van der Waals surface area contributed by atoms with Gasteiger partial charge in [-0.1, -0.05) is 23.7 Å². The Balaban J connectivity index is 1.80. The summed E-state index contributed by atoms with van der Waals surface area (Å²) < 4.78 is 5.90. The van der Waals surface area contributed by atoms with E-state index in [0.29, 0.717) is 30.3 Å². The second-order valence-electron chi connectivity index (χ2n) is 5.37. The molecule has 1 unspecified atom stereocenters. The molecule has 2 rings (SSSR count). The first-order chi connectivity index (χ1) is 10.6. The minimum atomic E-state index is -0.881. The molecular weight excluding hydrogens is 322 g/mol. The predicted molar refractivity (Wildman–Crippen MR) is 90.7 cm³/mol. The number of rotatable bonds is 6. The molecule has 1 atom stereocenters. The predicted octanol–water partition coefficient (Wildman–Crippen LogP) is 2.82. The fraction of sp³-hybridized carbons (Fsp3) is 0.562. The lowest BCUT2D eigenvalue weighted by atomic mass is 10.1. The van der Waals surface area contributed by atoms with E-state index in [1.165, 1.54) is 0 Å². The van der Waals surface area contributed by atoms with E-state index < -0.39 is 6.10 Å². The lowest BCUT2D eigenvalue weighted by Gasteiger charge is -2.33. The van der Waals surface area contributed by atoms with Gasteiger partial charge in [-0.25, -0.2) is 0 Å². The van der Waals surface area contributed by atoms with E-state index in [0.717, 1.165) is 18.6 Å². The van der Waals surface area contributed by atoms with Crippen molar-refractivity contribution in [3.05, 3.63) is 29.3 Å². The summed E-state index contributed by atoms with van der Waals surface area (Å²) in [4.78, 5) is 13.9. The molecule has 1 aromatic carbocycles. The molecule has 122 valence electrons. The molecule has 1 fully saturated rings. The Kier molecular flexibility index (Phi) is 6.86. The number of thioether (sulfide) groups is 1. The van der Waals surface area contributed by atoms with E-state index in [1.54, 1.807) is 22.7 Å². The maximum absolute atomic E-state index is 12.1. The summed E-state index contributed by atoms with van der Waals surface area (Å²) in [5.74, 6) is 1.32. The molecule has 1 N–H and O–H groups in total. The quantitative estimate of drug-likeness (QED) is 0.863. The number of benzene rings is 1. The van der Waals surface area contributed by atoms with Crippen LogP contribution in [0, 0.1) is 0 Å². The molecule has 1 aliphatic rings. The Morgan fingerprint density at radius 2 is 2.14 bits per heavy atom. The van der Waals surface area contributed by atoms with Gasteiger partial charge in [0.2, 0.25) is 0 Å². The molecular formula is C16H22ClNO3S. The van der Waals surface area contributed by atoms with Crippen LogP contribution in [0.2, 0.25) is 5.02 Å². The van der Waals surface area contributed by atoms with Crippen LogP contribution in [0.1, 0.15) is 19.3 Å². The molecule has 22 heavy (non-hydrogen) atoms. The smallest absolute Gasteiger partial charge is 0.251 e. The molecule has 1 heterocycles. The number of piperidine rings is 1. The first-order valence-electron chi connectivity index (χ1n) is 7.48. The number of likely N-dealkylation sites (tertiary alicyclic amines) is 1. The molecule has 0 aromatic heterocycles. The van der Waals surface area contributed by atoms with Crippen molar-refractivity contribution in [1.29, 1.82) is 0 Å². The number of para-hydroxylation sites is 1. The van der Waals surface area contributed by atoms with Crippen LogP contribution in [-0.4, -0.2) is 53.2 Å². The van der Waals surface area contributed by atoms with Gasteiger partial charge in [0.05, 0.1) is 5.02 Å². The van der Waals surface area contributed by atoms with E-state index in [1.807, 2.05) is 24.5 Å². The molecule has 0 spiro atoms. The number of carbonyl (C=O) groups excluding carboxylic acids is 1. The Morgan fingerprint density at radius 3 is 2.77 bits per heavy atom. The van der Waals surface area contributed by atoms with Crippen molar-refractivity contribution in [2.45, 2.75) is 31.5 Å². The molecule has 1 saturated heterocycles. The highest BCUT2D eigenvalue weighted by molar-refractivity contribution is 7.98. The summed E-state index contributed by atoms with van der Waals surface area (Å²) in [6.45, 7) is 1.23. The summed E-state index contributed by atoms with van der Waals surface area (Å²) in [5.41, 5.74) is 0. The van der Waals surface area contributed by atoms with Crippen LogP contribution in [0.15, 0.2) is 24.3 Å². The van der Waals surface area contributed by atoms with Crippen molar-refractivity contribution >= 4 is 29.3 Å². The molecule has 1 aromatic rings. The van der Waals surface area contributed by atoms with Crippen molar-refractivity contribution < 1.29 is 14.6 Å². The van der Waals surface area contributed by atoms with Gasteiger partial charge < -0.3 is 14.7 Å². The maximum atomic E-state index is 12.1. The average molecular weight is 344 g/mol. The van der Waals surface area contributed by atoms with Crippen LogP contribution >= 0.6 is 23.4 Å². The number of amides is 1. The lowest BCUT2D eigenvalue weighted by molar-refractivity contribution is -0.142. The van der Waals surface area contributed by atoms with E-state index in [4.69, 9.17) is 16.3 Å². The zero-order chi connectivity index (χ0) is 15.9. The summed E-state index contributed by atoms with van der Waals surface area (Å²) in [7, 11) is 0. The molecule has 0 aliphatic carbocycles. The topological polar surface area (TPSA) is 49.8 Å². The SMILES string of the molecule is CSCCC(O)C(=O)N1CCC(Oc2ccccc2Cl)CC1. The Labute approximate surface area is 140 Å². The normalized spacial score (nSPS) is 17.3. The van der Waals surface area contributed by atoms with Gasteiger partial charge in [-0.05, 0) is 30.6 Å². The lowest BCUT2D eigenvalue weighted by Crippen LogP contribution is -2.46. The van der Waals surface area contributed by atoms with Crippen LogP contribution in [-0.2, 0) is 4.79 Å². The third kappa shape index (κ3) is 4.80.